The molecule has 1 fully saturated rings. The molecule has 0 bridgehead atoms. The summed E-state index contributed by atoms with van der Waals surface area (Å²) in [4.78, 5) is 17.3. The van der Waals surface area contributed by atoms with Crippen molar-refractivity contribution in [3.8, 4) is 23.0 Å². The molecule has 32 heavy (non-hydrogen) atoms. The van der Waals surface area contributed by atoms with Gasteiger partial charge in [-0.25, -0.2) is 4.68 Å². The number of fused-ring (bicyclic) bond motifs is 1. The van der Waals surface area contributed by atoms with Gasteiger partial charge in [-0.2, -0.15) is 0 Å². The summed E-state index contributed by atoms with van der Waals surface area (Å²) < 4.78 is 18.2. The molecule has 2 aromatic carbocycles. The van der Waals surface area contributed by atoms with Crippen molar-refractivity contribution in [2.24, 2.45) is 0 Å². The third-order valence-electron chi connectivity index (χ3n) is 5.97. The molecule has 8 nitrogen and oxygen atoms in total. The van der Waals surface area contributed by atoms with E-state index in [0.29, 0.717) is 47.5 Å². The summed E-state index contributed by atoms with van der Waals surface area (Å²) in [6.07, 6.45) is 0. The third kappa shape index (κ3) is 4.01. The van der Waals surface area contributed by atoms with Gasteiger partial charge in [0.2, 0.25) is 12.7 Å². The van der Waals surface area contributed by atoms with Gasteiger partial charge in [0.25, 0.3) is 10.7 Å². The van der Waals surface area contributed by atoms with Gasteiger partial charge in [-0.1, -0.05) is 6.07 Å². The summed E-state index contributed by atoms with van der Waals surface area (Å²) in [6, 6.07) is 11.4. The van der Waals surface area contributed by atoms with Crippen LogP contribution in [0, 0.1) is 18.7 Å². The number of hydrogen-bond acceptors (Lipinski definition) is 7. The summed E-state index contributed by atoms with van der Waals surface area (Å²) in [7, 11) is 0. The quantitative estimate of drug-likeness (QED) is 0.560. The number of aromatic nitrogens is 2. The molecule has 9 heteroatoms. The van der Waals surface area contributed by atoms with E-state index in [4.69, 9.17) is 26.1 Å². The zero-order valence-corrected chi connectivity index (χ0v) is 18.9. The number of benzene rings is 2. The van der Waals surface area contributed by atoms with E-state index >= 15 is 0 Å². The van der Waals surface area contributed by atoms with Crippen LogP contribution in [-0.2, 0) is 6.67 Å². The molecule has 1 amide bonds. The molecule has 0 N–H and O–H groups in total. The van der Waals surface area contributed by atoms with E-state index in [0.717, 1.165) is 18.7 Å². The van der Waals surface area contributed by atoms with Gasteiger partial charge in [-0.3, -0.25) is 9.69 Å². The van der Waals surface area contributed by atoms with E-state index < -0.39 is 0 Å². The smallest absolute Gasteiger partial charge is 0.288 e. The maximum Gasteiger partial charge on any atom is 0.288 e. The highest BCUT2D eigenvalue weighted by Gasteiger charge is 2.25. The van der Waals surface area contributed by atoms with Crippen LogP contribution < -0.4 is 9.47 Å². The predicted molar refractivity (Wildman–Crippen MR) is 120 cm³/mol. The van der Waals surface area contributed by atoms with Gasteiger partial charge in [0.1, 0.15) is 0 Å². The van der Waals surface area contributed by atoms with Gasteiger partial charge < -0.3 is 18.8 Å². The van der Waals surface area contributed by atoms with Crippen LogP contribution in [0.3, 0.4) is 0 Å². The molecule has 0 atom stereocenters. The average molecular weight is 453 g/mol. The molecule has 2 aliphatic heterocycles. The van der Waals surface area contributed by atoms with Gasteiger partial charge in [0, 0.05) is 37.3 Å². The SMILES string of the molecule is Cc1ccc(-c2nn(CN3CCN(C(=O)c4ccc5c(c4)OCO5)CC3)c(=S)o2)cc1C. The molecule has 0 saturated carbocycles. The molecular weight excluding hydrogens is 428 g/mol. The monoisotopic (exact) mass is 452 g/mol. The Morgan fingerprint density at radius 3 is 2.56 bits per heavy atom. The summed E-state index contributed by atoms with van der Waals surface area (Å²) >= 11 is 5.39. The second kappa shape index (κ2) is 8.40. The van der Waals surface area contributed by atoms with Crippen LogP contribution in [0.25, 0.3) is 11.5 Å². The minimum atomic E-state index is -0.00183. The zero-order chi connectivity index (χ0) is 22.2. The van der Waals surface area contributed by atoms with Crippen LogP contribution in [0.1, 0.15) is 21.5 Å². The molecule has 1 aromatic heterocycles. The lowest BCUT2D eigenvalue weighted by Crippen LogP contribution is -2.49. The first kappa shape index (κ1) is 20.7. The Labute approximate surface area is 190 Å². The maximum atomic E-state index is 12.9. The molecule has 0 spiro atoms. The number of hydrogen-bond donors (Lipinski definition) is 0. The molecule has 166 valence electrons. The van der Waals surface area contributed by atoms with Crippen LogP contribution in [0.15, 0.2) is 40.8 Å². The van der Waals surface area contributed by atoms with Crippen LogP contribution in [0.5, 0.6) is 11.5 Å². The normalized spacial score (nSPS) is 15.9. The lowest BCUT2D eigenvalue weighted by molar-refractivity contribution is 0.0583. The van der Waals surface area contributed by atoms with E-state index in [1.807, 2.05) is 11.0 Å². The first-order valence-corrected chi connectivity index (χ1v) is 11.0. The molecule has 1 saturated heterocycles. The van der Waals surface area contributed by atoms with Gasteiger partial charge >= 0.3 is 0 Å². The Kier molecular flexibility index (Phi) is 5.44. The topological polar surface area (TPSA) is 73.0 Å². The van der Waals surface area contributed by atoms with Crippen LogP contribution >= 0.6 is 12.2 Å². The Morgan fingerprint density at radius 1 is 1.00 bits per heavy atom. The number of piperazine rings is 1. The predicted octanol–water partition coefficient (Wildman–Crippen LogP) is 3.63. The van der Waals surface area contributed by atoms with Crippen LogP contribution in [0.2, 0.25) is 0 Å². The fraction of sp³-hybridized carbons (Fsp3) is 0.348. The number of carbonyl (C=O) groups excluding carboxylic acids is 1. The third-order valence-corrected chi connectivity index (χ3v) is 6.27. The van der Waals surface area contributed by atoms with Crippen LogP contribution in [-0.4, -0.2) is 58.5 Å². The highest BCUT2D eigenvalue weighted by Crippen LogP contribution is 2.33. The summed E-state index contributed by atoms with van der Waals surface area (Å²) in [5, 5.41) is 4.58. The van der Waals surface area contributed by atoms with E-state index in [1.54, 1.807) is 22.9 Å². The van der Waals surface area contributed by atoms with Crippen LogP contribution in [0.4, 0.5) is 0 Å². The molecule has 5 rings (SSSR count). The standard InChI is InChI=1S/C23H24N4O4S/c1-15-3-4-17(11-16(15)2)21-24-27(23(32)31-21)13-25-7-9-26(10-8-25)22(28)18-5-6-19-20(12-18)30-14-29-19/h3-6,11-12H,7-10,13-14H2,1-2H3. The first-order valence-electron chi connectivity index (χ1n) is 10.5. The number of rotatable bonds is 4. The Balaban J connectivity index is 1.22. The van der Waals surface area contributed by atoms with Crippen molar-refractivity contribution >= 4 is 18.1 Å². The van der Waals surface area contributed by atoms with Crippen molar-refractivity contribution in [2.45, 2.75) is 20.5 Å². The summed E-state index contributed by atoms with van der Waals surface area (Å²) in [6.45, 7) is 7.57. The van der Waals surface area contributed by atoms with E-state index in [1.165, 1.54) is 11.1 Å². The Morgan fingerprint density at radius 2 is 1.78 bits per heavy atom. The lowest BCUT2D eigenvalue weighted by Gasteiger charge is -2.34. The van der Waals surface area contributed by atoms with E-state index in [9.17, 15) is 4.79 Å². The fourth-order valence-corrected chi connectivity index (χ4v) is 4.06. The van der Waals surface area contributed by atoms with E-state index in [-0.39, 0.29) is 12.7 Å². The second-order valence-corrected chi connectivity index (χ2v) is 8.44. The molecular formula is C23H24N4O4S. The van der Waals surface area contributed by atoms with Gasteiger partial charge in [-0.05, 0) is 67.5 Å². The van der Waals surface area contributed by atoms with Crippen molar-refractivity contribution in [2.75, 3.05) is 33.0 Å². The maximum absolute atomic E-state index is 12.9. The van der Waals surface area contributed by atoms with Crippen molar-refractivity contribution in [1.82, 2.24) is 19.6 Å². The Hall–Kier alpha value is -3.17. The summed E-state index contributed by atoms with van der Waals surface area (Å²) in [5.74, 6) is 1.82. The van der Waals surface area contributed by atoms with Gasteiger partial charge in [0.05, 0.1) is 6.67 Å². The minimum Gasteiger partial charge on any atom is -0.454 e. The lowest BCUT2D eigenvalue weighted by atomic mass is 10.1. The first-order chi connectivity index (χ1) is 15.5. The molecule has 0 unspecified atom stereocenters. The highest BCUT2D eigenvalue weighted by molar-refractivity contribution is 7.71. The highest BCUT2D eigenvalue weighted by atomic mass is 32.1. The van der Waals surface area contributed by atoms with Crippen molar-refractivity contribution in [3.63, 3.8) is 0 Å². The van der Waals surface area contributed by atoms with Crippen molar-refractivity contribution < 1.29 is 18.7 Å². The zero-order valence-electron chi connectivity index (χ0n) is 18.0. The number of ether oxygens (including phenoxy) is 2. The second-order valence-electron chi connectivity index (χ2n) is 8.09. The summed E-state index contributed by atoms with van der Waals surface area (Å²) in [5.41, 5.74) is 3.93. The number of aryl methyl sites for hydroxylation is 2. The molecule has 2 aliphatic rings. The molecule has 0 radical (unpaired) electrons. The number of amides is 1. The number of nitrogens with zero attached hydrogens (tertiary/aromatic N) is 4. The molecule has 0 aliphatic carbocycles. The Bertz CT molecular complexity index is 1230. The van der Waals surface area contributed by atoms with Gasteiger partial charge in [0.15, 0.2) is 11.5 Å². The van der Waals surface area contributed by atoms with E-state index in [2.05, 4.69) is 36.0 Å². The largest absolute Gasteiger partial charge is 0.454 e. The fourth-order valence-electron chi connectivity index (χ4n) is 3.88. The molecule has 3 heterocycles. The van der Waals surface area contributed by atoms with Gasteiger partial charge in [-0.15, -0.1) is 5.10 Å². The minimum absolute atomic E-state index is 0.00183. The number of carbonyl (C=O) groups is 1. The van der Waals surface area contributed by atoms with Crippen molar-refractivity contribution in [3.05, 3.63) is 57.9 Å². The van der Waals surface area contributed by atoms with Crippen molar-refractivity contribution in [1.29, 1.82) is 0 Å². The average Bonchev–Trinajstić information content (AvgIpc) is 3.42. The molecule has 3 aromatic rings.